The van der Waals surface area contributed by atoms with E-state index in [1.807, 2.05) is 6.92 Å². The summed E-state index contributed by atoms with van der Waals surface area (Å²) in [5, 5.41) is 0. The molecule has 1 aromatic carbocycles. The van der Waals surface area contributed by atoms with E-state index in [2.05, 4.69) is 4.74 Å². The highest BCUT2D eigenvalue weighted by Gasteiger charge is 2.03. The van der Waals surface area contributed by atoms with Crippen molar-refractivity contribution in [3.8, 4) is 11.5 Å². The van der Waals surface area contributed by atoms with Crippen molar-refractivity contribution in [2.45, 2.75) is 13.5 Å². The van der Waals surface area contributed by atoms with E-state index in [1.165, 1.54) is 12.1 Å². The summed E-state index contributed by atoms with van der Waals surface area (Å²) in [7, 11) is 0. The Hall–Kier alpha value is -1.32. The fraction of sp³-hybridized carbons (Fsp3) is 0.333. The van der Waals surface area contributed by atoms with Crippen LogP contribution in [0, 0.1) is 0 Å². The van der Waals surface area contributed by atoms with Crippen molar-refractivity contribution in [3.05, 3.63) is 24.3 Å². The van der Waals surface area contributed by atoms with E-state index in [0.29, 0.717) is 12.4 Å². The molecule has 0 aliphatic heterocycles. The Labute approximate surface area is 75.1 Å². The molecule has 0 unspecified atom stereocenters. The lowest BCUT2D eigenvalue weighted by atomic mass is 10.3. The second-order valence-electron chi connectivity index (χ2n) is 2.28. The van der Waals surface area contributed by atoms with Crippen LogP contribution in [0.15, 0.2) is 24.3 Å². The smallest absolute Gasteiger partial charge is 0.387 e. The van der Waals surface area contributed by atoms with Gasteiger partial charge in [0.2, 0.25) is 0 Å². The van der Waals surface area contributed by atoms with E-state index < -0.39 is 6.61 Å². The van der Waals surface area contributed by atoms with Gasteiger partial charge in [0.15, 0.2) is 0 Å². The van der Waals surface area contributed by atoms with Crippen LogP contribution in [0.1, 0.15) is 6.92 Å². The van der Waals surface area contributed by atoms with E-state index in [-0.39, 0.29) is 5.75 Å². The predicted molar refractivity (Wildman–Crippen MR) is 44.2 cm³/mol. The summed E-state index contributed by atoms with van der Waals surface area (Å²) in [6, 6.07) is 6.05. The van der Waals surface area contributed by atoms with Gasteiger partial charge in [-0.1, -0.05) is 0 Å². The molecule has 0 saturated heterocycles. The molecular formula is C9H10F2O2. The third-order valence-corrected chi connectivity index (χ3v) is 1.36. The number of hydrogen-bond acceptors (Lipinski definition) is 2. The Kier molecular flexibility index (Phi) is 3.49. The quantitative estimate of drug-likeness (QED) is 0.723. The van der Waals surface area contributed by atoms with Crippen LogP contribution in [-0.4, -0.2) is 13.2 Å². The molecule has 1 aromatic rings. The highest BCUT2D eigenvalue weighted by Crippen LogP contribution is 2.18. The Morgan fingerprint density at radius 1 is 1.15 bits per heavy atom. The fourth-order valence-electron chi connectivity index (χ4n) is 0.884. The maximum atomic E-state index is 11.7. The summed E-state index contributed by atoms with van der Waals surface area (Å²) >= 11 is 0. The average Bonchev–Trinajstić information content (AvgIpc) is 2.08. The molecule has 0 N–H and O–H groups in total. The molecule has 1 rings (SSSR count). The predicted octanol–water partition coefficient (Wildman–Crippen LogP) is 2.69. The van der Waals surface area contributed by atoms with Gasteiger partial charge in [-0.25, -0.2) is 0 Å². The second-order valence-corrected chi connectivity index (χ2v) is 2.28. The first-order chi connectivity index (χ1) is 6.22. The van der Waals surface area contributed by atoms with Gasteiger partial charge >= 0.3 is 6.61 Å². The molecule has 0 saturated carbocycles. The standard InChI is InChI=1S/C9H10F2O2/c1-2-12-7-3-5-8(6-4-7)13-9(10)11/h3-6,9H,2H2,1H3. The van der Waals surface area contributed by atoms with Gasteiger partial charge in [-0.05, 0) is 31.2 Å². The molecule has 0 spiro atoms. The molecule has 0 amide bonds. The lowest BCUT2D eigenvalue weighted by Gasteiger charge is -2.05. The molecule has 0 fully saturated rings. The molecule has 0 aliphatic rings. The Balaban J connectivity index is 2.59. The van der Waals surface area contributed by atoms with Crippen molar-refractivity contribution in [3.63, 3.8) is 0 Å². The molecule has 0 aromatic heterocycles. The maximum Gasteiger partial charge on any atom is 0.387 e. The zero-order valence-electron chi connectivity index (χ0n) is 7.17. The van der Waals surface area contributed by atoms with Crippen molar-refractivity contribution < 1.29 is 18.3 Å². The number of alkyl halides is 2. The minimum Gasteiger partial charge on any atom is -0.494 e. The van der Waals surface area contributed by atoms with E-state index in [4.69, 9.17) is 4.74 Å². The molecule has 0 heterocycles. The van der Waals surface area contributed by atoms with Gasteiger partial charge in [-0.15, -0.1) is 0 Å². The zero-order valence-corrected chi connectivity index (χ0v) is 7.17. The van der Waals surface area contributed by atoms with Crippen LogP contribution in [0.4, 0.5) is 8.78 Å². The Morgan fingerprint density at radius 2 is 1.69 bits per heavy atom. The summed E-state index contributed by atoms with van der Waals surface area (Å²) in [6.45, 7) is -0.378. The van der Waals surface area contributed by atoms with Crippen molar-refractivity contribution in [2.75, 3.05) is 6.61 Å². The van der Waals surface area contributed by atoms with Crippen LogP contribution in [-0.2, 0) is 0 Å². The monoisotopic (exact) mass is 188 g/mol. The summed E-state index contributed by atoms with van der Waals surface area (Å²) in [5.41, 5.74) is 0. The number of ether oxygens (including phenoxy) is 2. The SMILES string of the molecule is CCOc1ccc(OC(F)F)cc1. The molecule has 2 nitrogen and oxygen atoms in total. The molecule has 0 atom stereocenters. The fourth-order valence-corrected chi connectivity index (χ4v) is 0.884. The number of hydrogen-bond donors (Lipinski definition) is 0. The highest BCUT2D eigenvalue weighted by atomic mass is 19.3. The van der Waals surface area contributed by atoms with Gasteiger partial charge in [-0.3, -0.25) is 0 Å². The van der Waals surface area contributed by atoms with Crippen molar-refractivity contribution >= 4 is 0 Å². The van der Waals surface area contributed by atoms with Gasteiger partial charge in [0.05, 0.1) is 6.61 Å². The minimum atomic E-state index is -2.78. The maximum absolute atomic E-state index is 11.7. The van der Waals surface area contributed by atoms with Crippen LogP contribution in [0.5, 0.6) is 11.5 Å². The first-order valence-electron chi connectivity index (χ1n) is 3.90. The summed E-state index contributed by atoms with van der Waals surface area (Å²) in [5.74, 6) is 0.780. The molecule has 0 radical (unpaired) electrons. The first-order valence-corrected chi connectivity index (χ1v) is 3.90. The third kappa shape index (κ3) is 3.27. The summed E-state index contributed by atoms with van der Waals surface area (Å²) < 4.78 is 32.7. The number of halogens is 2. The van der Waals surface area contributed by atoms with E-state index in [1.54, 1.807) is 12.1 Å². The molecular weight excluding hydrogens is 178 g/mol. The van der Waals surface area contributed by atoms with Crippen LogP contribution in [0.25, 0.3) is 0 Å². The molecule has 0 aliphatic carbocycles. The van der Waals surface area contributed by atoms with Crippen molar-refractivity contribution in [1.82, 2.24) is 0 Å². The normalized spacial score (nSPS) is 10.2. The van der Waals surface area contributed by atoms with Crippen LogP contribution in [0.2, 0.25) is 0 Å². The average molecular weight is 188 g/mol. The van der Waals surface area contributed by atoms with E-state index in [9.17, 15) is 8.78 Å². The first kappa shape index (κ1) is 9.77. The number of benzene rings is 1. The van der Waals surface area contributed by atoms with Gasteiger partial charge < -0.3 is 9.47 Å². The van der Waals surface area contributed by atoms with Gasteiger partial charge in [-0.2, -0.15) is 8.78 Å². The Morgan fingerprint density at radius 3 is 2.15 bits per heavy atom. The second kappa shape index (κ2) is 4.64. The minimum absolute atomic E-state index is 0.137. The van der Waals surface area contributed by atoms with Crippen LogP contribution in [0.3, 0.4) is 0 Å². The van der Waals surface area contributed by atoms with Crippen molar-refractivity contribution in [1.29, 1.82) is 0 Å². The zero-order chi connectivity index (χ0) is 9.68. The largest absolute Gasteiger partial charge is 0.494 e. The lowest BCUT2D eigenvalue weighted by Crippen LogP contribution is -2.01. The molecule has 72 valence electrons. The van der Waals surface area contributed by atoms with Gasteiger partial charge in [0, 0.05) is 0 Å². The van der Waals surface area contributed by atoms with E-state index in [0.717, 1.165) is 0 Å². The Bertz CT molecular complexity index is 246. The topological polar surface area (TPSA) is 18.5 Å². The van der Waals surface area contributed by atoms with Crippen LogP contribution < -0.4 is 9.47 Å². The highest BCUT2D eigenvalue weighted by molar-refractivity contribution is 5.31. The summed E-state index contributed by atoms with van der Waals surface area (Å²) in [6.07, 6.45) is 0. The molecule has 0 bridgehead atoms. The van der Waals surface area contributed by atoms with Crippen molar-refractivity contribution in [2.24, 2.45) is 0 Å². The summed E-state index contributed by atoms with van der Waals surface area (Å²) in [4.78, 5) is 0. The number of rotatable bonds is 4. The van der Waals surface area contributed by atoms with Crippen LogP contribution >= 0.6 is 0 Å². The third-order valence-electron chi connectivity index (χ3n) is 1.36. The molecule has 4 heteroatoms. The van der Waals surface area contributed by atoms with Gasteiger partial charge in [0.25, 0.3) is 0 Å². The molecule has 13 heavy (non-hydrogen) atoms. The van der Waals surface area contributed by atoms with E-state index >= 15 is 0 Å². The van der Waals surface area contributed by atoms with Gasteiger partial charge in [0.1, 0.15) is 11.5 Å². The lowest BCUT2D eigenvalue weighted by molar-refractivity contribution is -0.0498.